The fourth-order valence-electron chi connectivity index (χ4n) is 4.16. The number of aromatic nitrogens is 2. The smallest absolute Gasteiger partial charge is 0.223 e. The van der Waals surface area contributed by atoms with Crippen LogP contribution in [-0.4, -0.2) is 22.4 Å². The van der Waals surface area contributed by atoms with E-state index in [1.807, 2.05) is 6.20 Å². The number of H-pyrrole nitrogens is 1. The number of aromatic amines is 1. The molecule has 2 N–H and O–H groups in total. The van der Waals surface area contributed by atoms with E-state index in [-0.39, 0.29) is 5.92 Å². The maximum atomic E-state index is 12.3. The number of rotatable bonds is 5. The average Bonchev–Trinajstić information content (AvgIpc) is 3.04. The number of nitrogens with zero attached hydrogens (tertiary/aromatic N) is 1. The van der Waals surface area contributed by atoms with Gasteiger partial charge in [0.05, 0.1) is 0 Å². The molecule has 1 heterocycles. The van der Waals surface area contributed by atoms with Gasteiger partial charge in [-0.05, 0) is 37.5 Å². The van der Waals surface area contributed by atoms with Crippen molar-refractivity contribution >= 4 is 5.91 Å². The summed E-state index contributed by atoms with van der Waals surface area (Å²) in [6, 6.07) is 0. The van der Waals surface area contributed by atoms with Gasteiger partial charge in [-0.1, -0.05) is 25.7 Å². The molecule has 0 spiro atoms. The third kappa shape index (κ3) is 3.86. The van der Waals surface area contributed by atoms with Crippen molar-refractivity contribution in [2.75, 3.05) is 6.54 Å². The van der Waals surface area contributed by atoms with Gasteiger partial charge < -0.3 is 10.3 Å². The highest BCUT2D eigenvalue weighted by Gasteiger charge is 2.34. The summed E-state index contributed by atoms with van der Waals surface area (Å²) in [5, 5.41) is 3.13. The molecule has 2 aliphatic carbocycles. The van der Waals surface area contributed by atoms with Gasteiger partial charge in [-0.2, -0.15) is 0 Å². The van der Waals surface area contributed by atoms with Gasteiger partial charge in [-0.25, -0.2) is 4.98 Å². The Balaban J connectivity index is 1.37. The van der Waals surface area contributed by atoms with Gasteiger partial charge in [0, 0.05) is 31.3 Å². The Bertz CT molecular complexity index is 443. The average molecular weight is 289 g/mol. The minimum absolute atomic E-state index is 0.271. The summed E-state index contributed by atoms with van der Waals surface area (Å²) in [5.41, 5.74) is 0. The molecule has 2 fully saturated rings. The van der Waals surface area contributed by atoms with Crippen LogP contribution in [0, 0.1) is 17.8 Å². The Hall–Kier alpha value is -1.32. The molecular formula is C17H27N3O. The van der Waals surface area contributed by atoms with E-state index in [4.69, 9.17) is 0 Å². The summed E-state index contributed by atoms with van der Waals surface area (Å²) in [5.74, 6) is 3.31. The van der Waals surface area contributed by atoms with Crippen LogP contribution in [0.5, 0.6) is 0 Å². The van der Waals surface area contributed by atoms with Crippen molar-refractivity contribution in [3.05, 3.63) is 18.2 Å². The zero-order valence-electron chi connectivity index (χ0n) is 12.8. The predicted molar refractivity (Wildman–Crippen MR) is 82.7 cm³/mol. The minimum atomic E-state index is 0.271. The van der Waals surface area contributed by atoms with Gasteiger partial charge in [-0.3, -0.25) is 4.79 Å². The maximum Gasteiger partial charge on any atom is 0.223 e. The molecule has 0 aromatic carbocycles. The van der Waals surface area contributed by atoms with Gasteiger partial charge in [0.2, 0.25) is 5.91 Å². The number of imidazole rings is 1. The molecule has 0 saturated heterocycles. The Morgan fingerprint density at radius 3 is 2.90 bits per heavy atom. The van der Waals surface area contributed by atoms with Gasteiger partial charge in [-0.15, -0.1) is 0 Å². The summed E-state index contributed by atoms with van der Waals surface area (Å²) in [7, 11) is 0. The van der Waals surface area contributed by atoms with Crippen molar-refractivity contribution in [2.45, 2.75) is 57.8 Å². The molecule has 0 radical (unpaired) electrons. The normalized spacial score (nSPS) is 28.9. The molecule has 1 amide bonds. The van der Waals surface area contributed by atoms with Crippen LogP contribution in [0.25, 0.3) is 0 Å². The van der Waals surface area contributed by atoms with E-state index in [0.29, 0.717) is 5.91 Å². The third-order valence-electron chi connectivity index (χ3n) is 5.35. The van der Waals surface area contributed by atoms with E-state index in [9.17, 15) is 4.79 Å². The highest BCUT2D eigenvalue weighted by atomic mass is 16.1. The fraction of sp³-hybridized carbons (Fsp3) is 0.765. The molecular weight excluding hydrogens is 262 g/mol. The van der Waals surface area contributed by atoms with E-state index in [1.54, 1.807) is 6.20 Å². The predicted octanol–water partition coefficient (Wildman–Crippen LogP) is 3.07. The van der Waals surface area contributed by atoms with Crippen molar-refractivity contribution < 1.29 is 4.79 Å². The molecule has 4 nitrogen and oxygen atoms in total. The minimum Gasteiger partial charge on any atom is -0.356 e. The number of fused-ring (bicyclic) bond motifs is 1. The maximum absolute atomic E-state index is 12.3. The number of hydrogen-bond acceptors (Lipinski definition) is 2. The molecule has 0 bridgehead atoms. The number of carbonyl (C=O) groups is 1. The number of nitrogens with one attached hydrogen (secondary N) is 2. The Morgan fingerprint density at radius 1 is 1.24 bits per heavy atom. The first-order valence-electron chi connectivity index (χ1n) is 8.59. The Labute approximate surface area is 127 Å². The lowest BCUT2D eigenvalue weighted by Crippen LogP contribution is -2.37. The van der Waals surface area contributed by atoms with Crippen LogP contribution < -0.4 is 5.32 Å². The van der Waals surface area contributed by atoms with Crippen LogP contribution in [0.15, 0.2) is 12.4 Å². The lowest BCUT2D eigenvalue weighted by Gasteiger charge is -2.38. The molecule has 4 heteroatoms. The van der Waals surface area contributed by atoms with E-state index in [0.717, 1.165) is 49.9 Å². The van der Waals surface area contributed by atoms with Crippen LogP contribution >= 0.6 is 0 Å². The summed E-state index contributed by atoms with van der Waals surface area (Å²) in [6.45, 7) is 0.768. The zero-order chi connectivity index (χ0) is 14.5. The van der Waals surface area contributed by atoms with Crippen LogP contribution in [0.3, 0.4) is 0 Å². The molecule has 1 aromatic rings. The topological polar surface area (TPSA) is 57.8 Å². The molecule has 2 saturated carbocycles. The van der Waals surface area contributed by atoms with Crippen molar-refractivity contribution in [3.8, 4) is 0 Å². The van der Waals surface area contributed by atoms with Crippen molar-refractivity contribution in [2.24, 2.45) is 17.8 Å². The molecule has 1 aromatic heterocycles. The summed E-state index contributed by atoms with van der Waals surface area (Å²) >= 11 is 0. The second kappa shape index (κ2) is 7.10. The Morgan fingerprint density at radius 2 is 2.10 bits per heavy atom. The van der Waals surface area contributed by atoms with Crippen molar-refractivity contribution in [3.63, 3.8) is 0 Å². The summed E-state index contributed by atoms with van der Waals surface area (Å²) < 4.78 is 0. The monoisotopic (exact) mass is 289 g/mol. The highest BCUT2D eigenvalue weighted by molar-refractivity contribution is 5.78. The SMILES string of the molecule is O=C(NCCCc1ncc[nH]1)C1CCC2CCCCC2C1. The molecule has 0 aliphatic heterocycles. The van der Waals surface area contributed by atoms with Crippen molar-refractivity contribution in [1.82, 2.24) is 15.3 Å². The van der Waals surface area contributed by atoms with Crippen LogP contribution in [0.4, 0.5) is 0 Å². The standard InChI is InChI=1S/C17H27N3O/c21-17(20-9-3-6-16-18-10-11-19-16)15-8-7-13-4-1-2-5-14(13)12-15/h10-11,13-15H,1-9,12H2,(H,18,19)(H,20,21). The van der Waals surface area contributed by atoms with Crippen LogP contribution in [0.1, 0.15) is 57.2 Å². The number of carbonyl (C=O) groups excluding carboxylic acids is 1. The van der Waals surface area contributed by atoms with Gasteiger partial charge >= 0.3 is 0 Å². The largest absolute Gasteiger partial charge is 0.356 e. The highest BCUT2D eigenvalue weighted by Crippen LogP contribution is 2.42. The first-order chi connectivity index (χ1) is 10.3. The summed E-state index contributed by atoms with van der Waals surface area (Å²) in [4.78, 5) is 19.6. The van der Waals surface area contributed by atoms with Gasteiger partial charge in [0.1, 0.15) is 5.82 Å². The first-order valence-corrected chi connectivity index (χ1v) is 8.59. The number of amides is 1. The zero-order valence-corrected chi connectivity index (χ0v) is 12.8. The molecule has 2 aliphatic rings. The second-order valence-electron chi connectivity index (χ2n) is 6.75. The molecule has 3 rings (SSSR count). The van der Waals surface area contributed by atoms with E-state index in [1.165, 1.54) is 32.1 Å². The quantitative estimate of drug-likeness (QED) is 0.818. The lowest BCUT2D eigenvalue weighted by atomic mass is 9.67. The molecule has 3 atom stereocenters. The lowest BCUT2D eigenvalue weighted by molar-refractivity contribution is -0.127. The fourth-order valence-corrected chi connectivity index (χ4v) is 4.16. The van der Waals surface area contributed by atoms with Gasteiger partial charge in [0.15, 0.2) is 0 Å². The van der Waals surface area contributed by atoms with Gasteiger partial charge in [0.25, 0.3) is 0 Å². The molecule has 116 valence electrons. The van der Waals surface area contributed by atoms with Crippen LogP contribution in [0.2, 0.25) is 0 Å². The third-order valence-corrected chi connectivity index (χ3v) is 5.35. The van der Waals surface area contributed by atoms with Crippen LogP contribution in [-0.2, 0) is 11.2 Å². The van der Waals surface area contributed by atoms with E-state index >= 15 is 0 Å². The van der Waals surface area contributed by atoms with E-state index in [2.05, 4.69) is 15.3 Å². The second-order valence-corrected chi connectivity index (χ2v) is 6.75. The molecule has 21 heavy (non-hydrogen) atoms. The number of aryl methyl sites for hydroxylation is 1. The number of hydrogen-bond donors (Lipinski definition) is 2. The van der Waals surface area contributed by atoms with Crippen molar-refractivity contribution in [1.29, 1.82) is 0 Å². The molecule has 3 unspecified atom stereocenters. The summed E-state index contributed by atoms with van der Waals surface area (Å²) in [6.07, 6.45) is 14.5. The first kappa shape index (κ1) is 14.6. The Kier molecular flexibility index (Phi) is 4.94. The van der Waals surface area contributed by atoms with E-state index < -0.39 is 0 Å².